The van der Waals surface area contributed by atoms with E-state index in [4.69, 9.17) is 14.6 Å². The molecule has 1 atom stereocenters. The van der Waals surface area contributed by atoms with Crippen LogP contribution in [0.3, 0.4) is 0 Å². The van der Waals surface area contributed by atoms with Gasteiger partial charge in [0.2, 0.25) is 0 Å². The molecule has 0 radical (unpaired) electrons. The maximum atomic E-state index is 10.2. The van der Waals surface area contributed by atoms with Gasteiger partial charge in [0.15, 0.2) is 0 Å². The number of aromatic carboxylic acids is 1. The lowest BCUT2D eigenvalue weighted by molar-refractivity contribution is 0.0697. The Balaban J connectivity index is 0.000000151. The number of ether oxygens (including phenoxy) is 2. The molecule has 1 aliphatic heterocycles. The number of hydrogen-bond acceptors (Lipinski definition) is 3. The minimum Gasteiger partial charge on any atom is -0.491 e. The van der Waals surface area contributed by atoms with Crippen LogP contribution in [0.4, 0.5) is 0 Å². The molecule has 0 aliphatic carbocycles. The van der Waals surface area contributed by atoms with Crippen molar-refractivity contribution < 1.29 is 19.4 Å². The highest BCUT2D eigenvalue weighted by Gasteiger charge is 2.22. The van der Waals surface area contributed by atoms with Gasteiger partial charge in [0.25, 0.3) is 0 Å². The molecule has 20 heavy (non-hydrogen) atoms. The molecule has 0 amide bonds. The molecule has 3 rings (SSSR count). The highest BCUT2D eigenvalue weighted by atomic mass is 16.6. The number of para-hydroxylation sites is 1. The summed E-state index contributed by atoms with van der Waals surface area (Å²) in [5.41, 5.74) is 0.331. The third kappa shape index (κ3) is 5.12. The monoisotopic (exact) mass is 272 g/mol. The van der Waals surface area contributed by atoms with Crippen molar-refractivity contribution in [1.82, 2.24) is 0 Å². The molecule has 0 bridgehead atoms. The lowest BCUT2D eigenvalue weighted by Crippen LogP contribution is -2.03. The quantitative estimate of drug-likeness (QED) is 0.869. The van der Waals surface area contributed by atoms with Crippen LogP contribution in [0.15, 0.2) is 60.7 Å². The Morgan fingerprint density at radius 1 is 1.10 bits per heavy atom. The number of benzene rings is 2. The third-order valence-electron chi connectivity index (χ3n) is 2.60. The van der Waals surface area contributed by atoms with Crippen LogP contribution >= 0.6 is 0 Å². The largest absolute Gasteiger partial charge is 0.491 e. The van der Waals surface area contributed by atoms with Gasteiger partial charge in [-0.25, -0.2) is 4.79 Å². The van der Waals surface area contributed by atoms with Gasteiger partial charge in [0, 0.05) is 0 Å². The fourth-order valence-corrected chi connectivity index (χ4v) is 1.45. The Bertz CT molecular complexity index is 521. The van der Waals surface area contributed by atoms with Gasteiger partial charge in [-0.3, -0.25) is 0 Å². The van der Waals surface area contributed by atoms with Crippen LogP contribution in [0.5, 0.6) is 5.75 Å². The van der Waals surface area contributed by atoms with Crippen LogP contribution in [0, 0.1) is 0 Å². The number of carboxylic acid groups (broad SMARTS) is 1. The molecule has 0 aromatic heterocycles. The summed E-state index contributed by atoms with van der Waals surface area (Å²) in [5, 5.41) is 8.38. The zero-order valence-electron chi connectivity index (χ0n) is 10.9. The lowest BCUT2D eigenvalue weighted by atomic mass is 10.2. The van der Waals surface area contributed by atoms with Gasteiger partial charge in [-0.15, -0.1) is 0 Å². The minimum absolute atomic E-state index is 0.331. The summed E-state index contributed by atoms with van der Waals surface area (Å²) in [7, 11) is 0. The Hall–Kier alpha value is -2.33. The number of carboxylic acids is 1. The third-order valence-corrected chi connectivity index (χ3v) is 2.60. The normalized spacial score (nSPS) is 15.7. The van der Waals surface area contributed by atoms with E-state index < -0.39 is 5.97 Å². The van der Waals surface area contributed by atoms with E-state index in [-0.39, 0.29) is 0 Å². The highest BCUT2D eigenvalue weighted by molar-refractivity contribution is 5.87. The Morgan fingerprint density at radius 3 is 2.10 bits per heavy atom. The van der Waals surface area contributed by atoms with Crippen molar-refractivity contribution in [2.75, 3.05) is 13.2 Å². The van der Waals surface area contributed by atoms with Crippen LogP contribution in [-0.2, 0) is 4.74 Å². The summed E-state index contributed by atoms with van der Waals surface area (Å²) in [5.74, 6) is 0.0404. The molecule has 1 fully saturated rings. The van der Waals surface area contributed by atoms with E-state index in [9.17, 15) is 4.79 Å². The lowest BCUT2D eigenvalue weighted by Gasteiger charge is -2.01. The predicted molar refractivity (Wildman–Crippen MR) is 75.1 cm³/mol. The summed E-state index contributed by atoms with van der Waals surface area (Å²) in [6.07, 6.45) is 0.343. The molecule has 4 heteroatoms. The standard InChI is InChI=1S/C9H10O2.C7H6O2/c1-2-4-8(5-3-1)10-6-9-7-11-9;8-7(9)6-4-2-1-3-5-6/h1-5,9H,6-7H2;1-5H,(H,8,9). The van der Waals surface area contributed by atoms with E-state index in [1.165, 1.54) is 0 Å². The molecule has 2 aromatic rings. The van der Waals surface area contributed by atoms with Gasteiger partial charge >= 0.3 is 5.97 Å². The molecular formula is C16H16O4. The first-order valence-corrected chi connectivity index (χ1v) is 6.33. The second kappa shape index (κ2) is 7.31. The van der Waals surface area contributed by atoms with Gasteiger partial charge in [-0.2, -0.15) is 0 Å². The molecular weight excluding hydrogens is 256 g/mol. The molecule has 4 nitrogen and oxygen atoms in total. The molecule has 1 unspecified atom stereocenters. The Labute approximate surface area is 117 Å². The summed E-state index contributed by atoms with van der Waals surface area (Å²) in [6, 6.07) is 18.1. The van der Waals surface area contributed by atoms with Crippen molar-refractivity contribution in [2.24, 2.45) is 0 Å². The maximum Gasteiger partial charge on any atom is 0.335 e. The van der Waals surface area contributed by atoms with Gasteiger partial charge in [-0.1, -0.05) is 36.4 Å². The van der Waals surface area contributed by atoms with Crippen LogP contribution < -0.4 is 4.74 Å². The summed E-state index contributed by atoms with van der Waals surface area (Å²) < 4.78 is 10.4. The fourth-order valence-electron chi connectivity index (χ4n) is 1.45. The summed E-state index contributed by atoms with van der Waals surface area (Å²) in [6.45, 7) is 1.54. The van der Waals surface area contributed by atoms with E-state index in [0.717, 1.165) is 12.4 Å². The maximum absolute atomic E-state index is 10.2. The van der Waals surface area contributed by atoms with Crippen molar-refractivity contribution >= 4 is 5.97 Å². The molecule has 2 aromatic carbocycles. The molecule has 0 saturated carbocycles. The van der Waals surface area contributed by atoms with Crippen molar-refractivity contribution in [2.45, 2.75) is 6.10 Å². The molecule has 1 N–H and O–H groups in total. The van der Waals surface area contributed by atoms with Crippen LogP contribution in [0.25, 0.3) is 0 Å². The Kier molecular flexibility index (Phi) is 5.15. The Morgan fingerprint density at radius 2 is 1.65 bits per heavy atom. The number of epoxide rings is 1. The topological polar surface area (TPSA) is 59.1 Å². The molecule has 0 spiro atoms. The average Bonchev–Trinajstić information content (AvgIpc) is 3.32. The number of carbonyl (C=O) groups is 1. The predicted octanol–water partition coefficient (Wildman–Crippen LogP) is 2.85. The van der Waals surface area contributed by atoms with E-state index in [0.29, 0.717) is 18.3 Å². The van der Waals surface area contributed by atoms with Crippen molar-refractivity contribution in [3.05, 3.63) is 66.2 Å². The van der Waals surface area contributed by atoms with Crippen molar-refractivity contribution in [3.8, 4) is 5.75 Å². The zero-order chi connectivity index (χ0) is 14.2. The zero-order valence-corrected chi connectivity index (χ0v) is 10.9. The first-order valence-electron chi connectivity index (χ1n) is 6.33. The average molecular weight is 272 g/mol. The number of hydrogen-bond donors (Lipinski definition) is 1. The SMILES string of the molecule is O=C(O)c1ccccc1.c1ccc(OCC2CO2)cc1. The molecule has 104 valence electrons. The summed E-state index contributed by atoms with van der Waals surface area (Å²) in [4.78, 5) is 10.2. The fraction of sp³-hybridized carbons (Fsp3) is 0.188. The van der Waals surface area contributed by atoms with Crippen molar-refractivity contribution in [3.63, 3.8) is 0 Å². The van der Waals surface area contributed by atoms with Crippen molar-refractivity contribution in [1.29, 1.82) is 0 Å². The summed E-state index contributed by atoms with van der Waals surface area (Å²) >= 11 is 0. The van der Waals surface area contributed by atoms with Crippen LogP contribution in [-0.4, -0.2) is 30.4 Å². The molecule has 1 aliphatic rings. The van der Waals surface area contributed by atoms with E-state index in [1.54, 1.807) is 30.3 Å². The van der Waals surface area contributed by atoms with Gasteiger partial charge in [0.05, 0.1) is 12.2 Å². The van der Waals surface area contributed by atoms with E-state index in [1.807, 2.05) is 30.3 Å². The first-order chi connectivity index (χ1) is 9.75. The number of rotatable bonds is 4. The van der Waals surface area contributed by atoms with E-state index in [2.05, 4.69) is 0 Å². The van der Waals surface area contributed by atoms with Gasteiger partial charge < -0.3 is 14.6 Å². The minimum atomic E-state index is -0.879. The molecule has 1 heterocycles. The van der Waals surface area contributed by atoms with Crippen LogP contribution in [0.1, 0.15) is 10.4 Å². The smallest absolute Gasteiger partial charge is 0.335 e. The van der Waals surface area contributed by atoms with Gasteiger partial charge in [-0.05, 0) is 24.3 Å². The second-order valence-corrected chi connectivity index (χ2v) is 4.25. The van der Waals surface area contributed by atoms with Gasteiger partial charge in [0.1, 0.15) is 18.5 Å². The van der Waals surface area contributed by atoms with E-state index >= 15 is 0 Å². The first kappa shape index (κ1) is 14.1. The molecule has 1 saturated heterocycles. The van der Waals surface area contributed by atoms with Crippen LogP contribution in [0.2, 0.25) is 0 Å². The highest BCUT2D eigenvalue weighted by Crippen LogP contribution is 2.13. The second-order valence-electron chi connectivity index (χ2n) is 4.25.